The lowest BCUT2D eigenvalue weighted by molar-refractivity contribution is 0.206. The summed E-state index contributed by atoms with van der Waals surface area (Å²) < 4.78 is 26.3. The first-order valence-electron chi connectivity index (χ1n) is 8.64. The molecule has 0 fully saturated rings. The summed E-state index contributed by atoms with van der Waals surface area (Å²) in [5, 5.41) is 19.2. The van der Waals surface area contributed by atoms with E-state index in [1.807, 2.05) is 30.3 Å². The Morgan fingerprint density at radius 1 is 1.00 bits per heavy atom. The number of phenolic OH excluding ortho intramolecular Hbond substituents is 1. The van der Waals surface area contributed by atoms with Crippen LogP contribution >= 0.6 is 11.8 Å². The Morgan fingerprint density at radius 3 is 2.28 bits per heavy atom. The van der Waals surface area contributed by atoms with Crippen molar-refractivity contribution in [1.29, 1.82) is 0 Å². The predicted octanol–water partition coefficient (Wildman–Crippen LogP) is 4.87. The Bertz CT molecular complexity index is 1110. The van der Waals surface area contributed by atoms with Crippen LogP contribution in [-0.2, 0) is 15.8 Å². The van der Waals surface area contributed by atoms with Gasteiger partial charge in [0.05, 0.1) is 10.6 Å². The van der Waals surface area contributed by atoms with Gasteiger partial charge in [0, 0.05) is 16.7 Å². The standard InChI is InChI=1S/C21H19NO5S2/c1-15-7-10-18(23)13-20(15)29(26,27)22(21(24)25)17-8-11-19(12-9-17)28-14-16-5-3-2-4-6-16/h2-13,23H,14H2,1H3,(H,24,25). The Morgan fingerprint density at radius 2 is 1.66 bits per heavy atom. The largest absolute Gasteiger partial charge is 0.508 e. The van der Waals surface area contributed by atoms with Crippen molar-refractivity contribution in [1.82, 2.24) is 0 Å². The van der Waals surface area contributed by atoms with Crippen LogP contribution < -0.4 is 4.31 Å². The van der Waals surface area contributed by atoms with E-state index in [0.29, 0.717) is 9.87 Å². The molecule has 6 nitrogen and oxygen atoms in total. The van der Waals surface area contributed by atoms with Gasteiger partial charge in [-0.2, -0.15) is 4.31 Å². The lowest BCUT2D eigenvalue weighted by Crippen LogP contribution is -2.36. The molecular formula is C21H19NO5S2. The number of thioether (sulfide) groups is 1. The number of nitrogens with zero attached hydrogens (tertiary/aromatic N) is 1. The summed E-state index contributed by atoms with van der Waals surface area (Å²) in [4.78, 5) is 12.4. The highest BCUT2D eigenvalue weighted by molar-refractivity contribution is 7.98. The van der Waals surface area contributed by atoms with Crippen molar-refractivity contribution in [2.45, 2.75) is 22.5 Å². The van der Waals surface area contributed by atoms with Crippen LogP contribution in [0.25, 0.3) is 0 Å². The van der Waals surface area contributed by atoms with E-state index in [2.05, 4.69) is 0 Å². The van der Waals surface area contributed by atoms with Gasteiger partial charge in [-0.05, 0) is 48.4 Å². The van der Waals surface area contributed by atoms with Crippen molar-refractivity contribution in [2.24, 2.45) is 0 Å². The smallest absolute Gasteiger partial charge is 0.426 e. The van der Waals surface area contributed by atoms with Crippen molar-refractivity contribution in [3.8, 4) is 5.75 Å². The zero-order chi connectivity index (χ0) is 21.0. The number of aromatic hydroxyl groups is 1. The fourth-order valence-electron chi connectivity index (χ4n) is 2.74. The zero-order valence-electron chi connectivity index (χ0n) is 15.5. The highest BCUT2D eigenvalue weighted by Crippen LogP contribution is 2.30. The average Bonchev–Trinajstić information content (AvgIpc) is 2.69. The molecule has 3 rings (SSSR count). The van der Waals surface area contributed by atoms with Crippen LogP contribution in [0.1, 0.15) is 11.1 Å². The molecule has 3 aromatic carbocycles. The first-order chi connectivity index (χ1) is 13.8. The first kappa shape index (κ1) is 20.8. The minimum atomic E-state index is -4.41. The number of sulfonamides is 1. The molecule has 0 radical (unpaired) electrons. The number of carbonyl (C=O) groups is 1. The molecule has 8 heteroatoms. The first-order valence-corrected chi connectivity index (χ1v) is 11.1. The lowest BCUT2D eigenvalue weighted by Gasteiger charge is -2.20. The van der Waals surface area contributed by atoms with Crippen LogP contribution in [0.2, 0.25) is 0 Å². The summed E-state index contributed by atoms with van der Waals surface area (Å²) in [7, 11) is -4.41. The third kappa shape index (κ3) is 4.72. The van der Waals surface area contributed by atoms with Gasteiger partial charge in [0.15, 0.2) is 0 Å². The van der Waals surface area contributed by atoms with Crippen molar-refractivity contribution < 1.29 is 23.4 Å². The third-order valence-corrected chi connectivity index (χ3v) is 7.11. The van der Waals surface area contributed by atoms with E-state index in [4.69, 9.17) is 0 Å². The molecule has 0 aliphatic rings. The number of phenols is 1. The second-order valence-electron chi connectivity index (χ2n) is 6.27. The molecule has 150 valence electrons. The van der Waals surface area contributed by atoms with Gasteiger partial charge in [0.1, 0.15) is 5.75 Å². The van der Waals surface area contributed by atoms with Gasteiger partial charge in [0.2, 0.25) is 0 Å². The Labute approximate surface area is 173 Å². The van der Waals surface area contributed by atoms with Crippen LogP contribution in [0.5, 0.6) is 5.75 Å². The number of hydrogen-bond acceptors (Lipinski definition) is 5. The molecule has 0 aromatic heterocycles. The molecule has 3 aromatic rings. The molecule has 0 bridgehead atoms. The van der Waals surface area contributed by atoms with E-state index < -0.39 is 16.1 Å². The quantitative estimate of drug-likeness (QED) is 0.543. The van der Waals surface area contributed by atoms with Gasteiger partial charge in [0.25, 0.3) is 10.0 Å². The average molecular weight is 430 g/mol. The Kier molecular flexibility index (Phi) is 6.14. The Hall–Kier alpha value is -2.97. The Balaban J connectivity index is 1.87. The molecule has 29 heavy (non-hydrogen) atoms. The summed E-state index contributed by atoms with van der Waals surface area (Å²) in [5.41, 5.74) is 1.49. The minimum Gasteiger partial charge on any atom is -0.508 e. The molecule has 0 spiro atoms. The van der Waals surface area contributed by atoms with E-state index in [1.54, 1.807) is 23.9 Å². The second kappa shape index (κ2) is 8.59. The van der Waals surface area contributed by atoms with Crippen molar-refractivity contribution >= 4 is 33.6 Å². The van der Waals surface area contributed by atoms with Gasteiger partial charge in [-0.3, -0.25) is 0 Å². The van der Waals surface area contributed by atoms with E-state index in [0.717, 1.165) is 22.3 Å². The minimum absolute atomic E-state index is 0.00399. The van der Waals surface area contributed by atoms with Gasteiger partial charge in [-0.15, -0.1) is 11.8 Å². The molecule has 1 amide bonds. The summed E-state index contributed by atoms with van der Waals surface area (Å²) >= 11 is 1.56. The van der Waals surface area contributed by atoms with E-state index >= 15 is 0 Å². The van der Waals surface area contributed by atoms with E-state index in [9.17, 15) is 23.4 Å². The van der Waals surface area contributed by atoms with Crippen molar-refractivity contribution in [2.75, 3.05) is 4.31 Å². The lowest BCUT2D eigenvalue weighted by atomic mass is 10.2. The zero-order valence-corrected chi connectivity index (χ0v) is 17.2. The van der Waals surface area contributed by atoms with Gasteiger partial charge in [-0.25, -0.2) is 13.2 Å². The maximum absolute atomic E-state index is 13.0. The second-order valence-corrected chi connectivity index (χ2v) is 9.07. The van der Waals surface area contributed by atoms with Crippen LogP contribution in [0.3, 0.4) is 0 Å². The summed E-state index contributed by atoms with van der Waals surface area (Å²) in [6.45, 7) is 1.54. The summed E-state index contributed by atoms with van der Waals surface area (Å²) in [5.74, 6) is 0.482. The molecule has 0 unspecified atom stereocenters. The predicted molar refractivity (Wildman–Crippen MR) is 113 cm³/mol. The molecule has 0 aliphatic carbocycles. The normalized spacial score (nSPS) is 11.2. The van der Waals surface area contributed by atoms with Gasteiger partial charge >= 0.3 is 6.09 Å². The SMILES string of the molecule is Cc1ccc(O)cc1S(=O)(=O)N(C(=O)O)c1ccc(SCc2ccccc2)cc1. The molecule has 2 N–H and O–H groups in total. The maximum Gasteiger partial charge on any atom is 0.426 e. The number of aryl methyl sites for hydroxylation is 1. The monoisotopic (exact) mass is 429 g/mol. The van der Waals surface area contributed by atoms with Gasteiger partial charge < -0.3 is 10.2 Å². The van der Waals surface area contributed by atoms with Crippen LogP contribution in [0.4, 0.5) is 10.5 Å². The number of hydrogen-bond donors (Lipinski definition) is 2. The number of carboxylic acid groups (broad SMARTS) is 1. The fourth-order valence-corrected chi connectivity index (χ4v) is 5.14. The number of amides is 1. The molecule has 0 heterocycles. The van der Waals surface area contributed by atoms with Crippen molar-refractivity contribution in [3.05, 3.63) is 83.9 Å². The highest BCUT2D eigenvalue weighted by Gasteiger charge is 2.32. The van der Waals surface area contributed by atoms with Crippen molar-refractivity contribution in [3.63, 3.8) is 0 Å². The number of anilines is 1. The molecular weight excluding hydrogens is 410 g/mol. The summed E-state index contributed by atoms with van der Waals surface area (Å²) in [6, 6.07) is 20.0. The molecule has 0 saturated carbocycles. The molecule has 0 aliphatic heterocycles. The fraction of sp³-hybridized carbons (Fsp3) is 0.0952. The van der Waals surface area contributed by atoms with E-state index in [-0.39, 0.29) is 16.3 Å². The number of benzene rings is 3. The third-order valence-electron chi connectivity index (χ3n) is 4.18. The highest BCUT2D eigenvalue weighted by atomic mass is 32.2. The summed E-state index contributed by atoms with van der Waals surface area (Å²) in [6.07, 6.45) is -1.63. The van der Waals surface area contributed by atoms with E-state index in [1.165, 1.54) is 31.2 Å². The van der Waals surface area contributed by atoms with Crippen LogP contribution in [0.15, 0.2) is 82.6 Å². The molecule has 0 atom stereocenters. The van der Waals surface area contributed by atoms with Gasteiger partial charge in [-0.1, -0.05) is 36.4 Å². The topological polar surface area (TPSA) is 94.9 Å². The van der Waals surface area contributed by atoms with Crippen LogP contribution in [0, 0.1) is 6.92 Å². The van der Waals surface area contributed by atoms with Crippen LogP contribution in [-0.4, -0.2) is 24.7 Å². The maximum atomic E-state index is 13.0. The molecule has 0 saturated heterocycles. The number of rotatable bonds is 6.